The van der Waals surface area contributed by atoms with Crippen LogP contribution in [0.25, 0.3) is 116 Å². The summed E-state index contributed by atoms with van der Waals surface area (Å²) >= 11 is 0. The molecule has 0 saturated carbocycles. The summed E-state index contributed by atoms with van der Waals surface area (Å²) in [5, 5.41) is 6.80. The lowest BCUT2D eigenvalue weighted by Gasteiger charge is -2.33. The van der Waals surface area contributed by atoms with E-state index in [0.29, 0.717) is 0 Å². The minimum Gasteiger partial charge on any atom is -0.551 e. The third-order valence-corrected chi connectivity index (χ3v) is 13.9. The molecule has 10 aromatic carbocycles. The van der Waals surface area contributed by atoms with Crippen LogP contribution in [-0.4, -0.2) is 11.5 Å². The zero-order valence-corrected chi connectivity index (χ0v) is 35.3. The minimum atomic E-state index is -0.357. The molecule has 0 N–H and O–H groups in total. The normalized spacial score (nSPS) is 12.8. The molecule has 66 heavy (non-hydrogen) atoms. The van der Waals surface area contributed by atoms with Gasteiger partial charge in [0, 0.05) is 43.4 Å². The molecule has 0 amide bonds. The van der Waals surface area contributed by atoms with Crippen molar-refractivity contribution < 1.29 is 18.2 Å². The first-order valence-corrected chi connectivity index (χ1v) is 22.4. The van der Waals surface area contributed by atoms with Crippen molar-refractivity contribution in [1.82, 2.24) is 4.57 Å². The molecule has 0 spiro atoms. The van der Waals surface area contributed by atoms with E-state index >= 15 is 0 Å². The predicted molar refractivity (Wildman–Crippen MR) is 269 cm³/mol. The Morgan fingerprint density at radius 1 is 0.348 bits per heavy atom. The molecule has 0 radical (unpaired) electrons. The van der Waals surface area contributed by atoms with Gasteiger partial charge in [0.25, 0.3) is 0 Å². The molecule has 0 bridgehead atoms. The number of rotatable bonds is 4. The van der Waals surface area contributed by atoms with Gasteiger partial charge in [0.2, 0.25) is 0 Å². The maximum absolute atomic E-state index is 7.16. The Morgan fingerprint density at radius 2 is 0.955 bits per heavy atom. The Hall–Kier alpha value is -8.74. The predicted octanol–water partition coefficient (Wildman–Crippen LogP) is 14.9. The van der Waals surface area contributed by atoms with Crippen LogP contribution in [0.3, 0.4) is 0 Å². The van der Waals surface area contributed by atoms with Gasteiger partial charge >= 0.3 is 6.92 Å². The highest BCUT2D eigenvalue weighted by Crippen LogP contribution is 2.47. The van der Waals surface area contributed by atoms with E-state index in [9.17, 15) is 0 Å². The molecule has 2 aliphatic heterocycles. The number of fused-ring (bicyclic) bond motifs is 13. The van der Waals surface area contributed by atoms with Crippen molar-refractivity contribution in [2.24, 2.45) is 0 Å². The first kappa shape index (κ1) is 35.7. The molecule has 5 heterocycles. The molecule has 15 rings (SSSR count). The van der Waals surface area contributed by atoms with Crippen LogP contribution in [0.15, 0.2) is 215 Å². The van der Waals surface area contributed by atoms with Crippen LogP contribution in [-0.2, 0) is 0 Å². The van der Waals surface area contributed by atoms with E-state index in [-0.39, 0.29) is 6.92 Å². The van der Waals surface area contributed by atoms with Crippen LogP contribution in [0.1, 0.15) is 0 Å². The van der Waals surface area contributed by atoms with Crippen LogP contribution in [0.2, 0.25) is 0 Å². The van der Waals surface area contributed by atoms with Gasteiger partial charge in [-0.3, -0.25) is 0 Å². The summed E-state index contributed by atoms with van der Waals surface area (Å²) in [5.41, 5.74) is 17.4. The standard InChI is InChI=1S/C60H34BNO4/c1-2-15-39(43-20-13-27-54-58(43)44-18-5-10-24-51(44)63-54)38(14-1)35-28-29-42-46-30-36(34-57-60(46)61(66-55(42)32-35)47-21-7-12-26-53(47)65-57)37-31-50(59-45-19-6-11-25-52(45)64-56(59)33-37)62-48-22-8-3-16-40(48)41-17-4-9-23-49(41)62/h1-34H. The molecule has 0 aliphatic carbocycles. The first-order chi connectivity index (χ1) is 32.7. The number of para-hydroxylation sites is 5. The number of hydrogen-bond acceptors (Lipinski definition) is 4. The van der Waals surface area contributed by atoms with Crippen molar-refractivity contribution in [3.63, 3.8) is 0 Å². The third kappa shape index (κ3) is 5.01. The van der Waals surface area contributed by atoms with E-state index in [2.05, 4.69) is 180 Å². The molecular weight excluding hydrogens is 809 g/mol. The van der Waals surface area contributed by atoms with Crippen molar-refractivity contribution in [3.8, 4) is 67.4 Å². The van der Waals surface area contributed by atoms with Crippen LogP contribution < -0.4 is 20.3 Å². The van der Waals surface area contributed by atoms with E-state index in [4.69, 9.17) is 18.2 Å². The highest BCUT2D eigenvalue weighted by atomic mass is 16.5. The Kier molecular flexibility index (Phi) is 7.24. The lowest BCUT2D eigenvalue weighted by molar-refractivity contribution is 0.479. The zero-order valence-electron chi connectivity index (χ0n) is 35.3. The summed E-state index contributed by atoms with van der Waals surface area (Å²) in [5.74, 6) is 2.40. The lowest BCUT2D eigenvalue weighted by atomic mass is 9.50. The molecule has 306 valence electrons. The smallest absolute Gasteiger partial charge is 0.434 e. The van der Waals surface area contributed by atoms with Crippen molar-refractivity contribution in [1.29, 1.82) is 0 Å². The number of ether oxygens (including phenoxy) is 1. The van der Waals surface area contributed by atoms with Crippen molar-refractivity contribution in [2.75, 3.05) is 0 Å². The number of furan rings is 2. The van der Waals surface area contributed by atoms with Crippen molar-refractivity contribution in [3.05, 3.63) is 206 Å². The molecule has 0 saturated heterocycles. The van der Waals surface area contributed by atoms with E-state index in [1.165, 1.54) is 10.8 Å². The second-order valence-corrected chi connectivity index (χ2v) is 17.4. The average molecular weight is 844 g/mol. The summed E-state index contributed by atoms with van der Waals surface area (Å²) in [6.45, 7) is -0.357. The lowest BCUT2D eigenvalue weighted by Crippen LogP contribution is -2.53. The molecule has 5 nitrogen and oxygen atoms in total. The molecule has 0 unspecified atom stereocenters. The molecule has 3 aromatic heterocycles. The van der Waals surface area contributed by atoms with Crippen LogP contribution in [0.4, 0.5) is 0 Å². The fraction of sp³-hybridized carbons (Fsp3) is 0. The summed E-state index contributed by atoms with van der Waals surface area (Å²) in [7, 11) is 0. The largest absolute Gasteiger partial charge is 0.551 e. The van der Waals surface area contributed by atoms with E-state index in [1.807, 2.05) is 30.3 Å². The van der Waals surface area contributed by atoms with Gasteiger partial charge in [-0.15, -0.1) is 0 Å². The maximum Gasteiger partial charge on any atom is 0.434 e. The van der Waals surface area contributed by atoms with Gasteiger partial charge in [0.1, 0.15) is 39.6 Å². The van der Waals surface area contributed by atoms with E-state index in [1.54, 1.807) is 0 Å². The fourth-order valence-corrected chi connectivity index (χ4v) is 11.0. The molecule has 2 aliphatic rings. The summed E-state index contributed by atoms with van der Waals surface area (Å²) in [4.78, 5) is 0. The Bertz CT molecular complexity index is 4160. The van der Waals surface area contributed by atoms with Crippen LogP contribution in [0, 0.1) is 0 Å². The Morgan fingerprint density at radius 3 is 1.76 bits per heavy atom. The van der Waals surface area contributed by atoms with Crippen LogP contribution in [0.5, 0.6) is 17.2 Å². The van der Waals surface area contributed by atoms with E-state index in [0.717, 1.165) is 133 Å². The first-order valence-electron chi connectivity index (χ1n) is 22.4. The quantitative estimate of drug-likeness (QED) is 0.166. The molecule has 0 fully saturated rings. The van der Waals surface area contributed by atoms with Gasteiger partial charge in [-0.1, -0.05) is 140 Å². The number of hydrogen-bond donors (Lipinski definition) is 0. The molecule has 0 atom stereocenters. The maximum atomic E-state index is 7.16. The SMILES string of the molecule is c1ccc2c(c1)Oc1cc(-c3cc(-n4c5ccccc5c5ccccc54)c4c(c3)oc3ccccc34)cc3c1B2Oc1cc(-c2ccccc2-c2cccc4oc5ccccc5c24)ccc1-3. The van der Waals surface area contributed by atoms with Gasteiger partial charge < -0.3 is 22.8 Å². The minimum absolute atomic E-state index is 0.357. The average Bonchev–Trinajstić information content (AvgIpc) is 4.06. The second-order valence-electron chi connectivity index (χ2n) is 17.4. The van der Waals surface area contributed by atoms with E-state index < -0.39 is 0 Å². The Balaban J connectivity index is 0.948. The number of nitrogens with zero attached hydrogens (tertiary/aromatic N) is 1. The Labute approximate surface area is 378 Å². The summed E-state index contributed by atoms with van der Waals surface area (Å²) in [6, 6.07) is 72.9. The summed E-state index contributed by atoms with van der Waals surface area (Å²) < 4.78 is 29.5. The van der Waals surface area contributed by atoms with Crippen LogP contribution >= 0.6 is 0 Å². The summed E-state index contributed by atoms with van der Waals surface area (Å²) in [6.07, 6.45) is 0. The topological polar surface area (TPSA) is 49.7 Å². The number of benzene rings is 10. The van der Waals surface area contributed by atoms with Gasteiger partial charge in [-0.25, -0.2) is 0 Å². The highest BCUT2D eigenvalue weighted by molar-refractivity contribution is 6.84. The second kappa shape index (κ2) is 13.4. The fourth-order valence-electron chi connectivity index (χ4n) is 11.0. The molecule has 6 heteroatoms. The highest BCUT2D eigenvalue weighted by Gasteiger charge is 2.41. The molecule has 13 aromatic rings. The number of aromatic nitrogens is 1. The molecular formula is C60H34BNO4. The van der Waals surface area contributed by atoms with Gasteiger partial charge in [0.15, 0.2) is 0 Å². The zero-order chi connectivity index (χ0) is 43.0. The van der Waals surface area contributed by atoms with Crippen molar-refractivity contribution >= 4 is 83.5 Å². The van der Waals surface area contributed by atoms with Gasteiger partial charge in [-0.2, -0.15) is 0 Å². The van der Waals surface area contributed by atoms with Gasteiger partial charge in [0.05, 0.1) is 22.1 Å². The monoisotopic (exact) mass is 843 g/mol. The third-order valence-electron chi connectivity index (χ3n) is 13.9. The van der Waals surface area contributed by atoms with Crippen molar-refractivity contribution in [2.45, 2.75) is 0 Å². The van der Waals surface area contributed by atoms with Gasteiger partial charge in [-0.05, 0) is 106 Å².